The highest BCUT2D eigenvalue weighted by Gasteiger charge is 2.06. The largest absolute Gasteiger partial charge is 0.353 e. The summed E-state index contributed by atoms with van der Waals surface area (Å²) in [4.78, 5) is 11.2. The molecule has 0 aliphatic carbocycles. The summed E-state index contributed by atoms with van der Waals surface area (Å²) >= 11 is 5.77. The summed E-state index contributed by atoms with van der Waals surface area (Å²) in [6.07, 6.45) is 3.07. The molecule has 0 unspecified atom stereocenters. The summed E-state index contributed by atoms with van der Waals surface area (Å²) in [7, 11) is 0. The van der Waals surface area contributed by atoms with Crippen LogP contribution in [0.15, 0.2) is 36.7 Å². The second-order valence-electron chi connectivity index (χ2n) is 3.64. The van der Waals surface area contributed by atoms with Crippen LogP contribution in [0.25, 0.3) is 22.3 Å². The number of aromatic nitrogens is 3. The Morgan fingerprint density at radius 3 is 2.88 bits per heavy atom. The van der Waals surface area contributed by atoms with E-state index in [4.69, 9.17) is 11.6 Å². The Bertz CT molecular complexity index is 693. The molecule has 2 heterocycles. The van der Waals surface area contributed by atoms with E-state index >= 15 is 0 Å². The number of nitrogens with zero attached hydrogens (tertiary/aromatic N) is 2. The summed E-state index contributed by atoms with van der Waals surface area (Å²) in [5.41, 5.74) is 2.12. The van der Waals surface area contributed by atoms with Crippen LogP contribution in [-0.2, 0) is 0 Å². The maximum atomic E-state index is 13.0. The number of hydrogen-bond donors (Lipinski definition) is 1. The molecule has 1 N–H and O–H groups in total. The molecule has 0 atom stereocenters. The molecule has 0 bridgehead atoms. The lowest BCUT2D eigenvalue weighted by Crippen LogP contribution is -1.85. The SMILES string of the molecule is Fc1ccc2cc(-c3cncc(Cl)n3)[nH]c2c1. The highest BCUT2D eigenvalue weighted by atomic mass is 35.5. The standard InChI is InChI=1S/C12H7ClFN3/c13-12-6-15-5-11(17-12)10-3-7-1-2-8(14)4-9(7)16-10/h1-6,16H. The highest BCUT2D eigenvalue weighted by Crippen LogP contribution is 2.23. The lowest BCUT2D eigenvalue weighted by Gasteiger charge is -1.95. The Morgan fingerprint density at radius 2 is 2.06 bits per heavy atom. The van der Waals surface area contributed by atoms with Crippen LogP contribution in [0.1, 0.15) is 0 Å². The van der Waals surface area contributed by atoms with Gasteiger partial charge in [-0.25, -0.2) is 9.37 Å². The molecule has 0 spiro atoms. The van der Waals surface area contributed by atoms with Crippen molar-refractivity contribution in [2.24, 2.45) is 0 Å². The molecular weight excluding hydrogens is 241 g/mol. The van der Waals surface area contributed by atoms with E-state index in [1.807, 2.05) is 6.07 Å². The van der Waals surface area contributed by atoms with E-state index in [1.54, 1.807) is 12.3 Å². The van der Waals surface area contributed by atoms with Crippen molar-refractivity contribution in [2.45, 2.75) is 0 Å². The predicted molar refractivity (Wildman–Crippen MR) is 64.3 cm³/mol. The minimum absolute atomic E-state index is 0.275. The van der Waals surface area contributed by atoms with Gasteiger partial charge in [0, 0.05) is 10.9 Å². The number of rotatable bonds is 1. The summed E-state index contributed by atoms with van der Waals surface area (Å²) in [5, 5.41) is 1.25. The molecule has 0 aliphatic rings. The lowest BCUT2D eigenvalue weighted by atomic mass is 10.2. The molecular formula is C12H7ClFN3. The van der Waals surface area contributed by atoms with Gasteiger partial charge >= 0.3 is 0 Å². The maximum Gasteiger partial charge on any atom is 0.148 e. The molecule has 2 aromatic heterocycles. The van der Waals surface area contributed by atoms with E-state index < -0.39 is 0 Å². The van der Waals surface area contributed by atoms with Gasteiger partial charge < -0.3 is 4.98 Å². The number of halogens is 2. The Balaban J connectivity index is 2.18. The van der Waals surface area contributed by atoms with Gasteiger partial charge in [-0.15, -0.1) is 0 Å². The summed E-state index contributed by atoms with van der Waals surface area (Å²) < 4.78 is 13.0. The first-order chi connectivity index (χ1) is 8.22. The van der Waals surface area contributed by atoms with E-state index in [0.29, 0.717) is 10.8 Å². The van der Waals surface area contributed by atoms with Gasteiger partial charge in [0.05, 0.1) is 18.1 Å². The van der Waals surface area contributed by atoms with E-state index in [1.165, 1.54) is 18.3 Å². The maximum absolute atomic E-state index is 13.0. The molecule has 3 nitrogen and oxygen atoms in total. The van der Waals surface area contributed by atoms with Crippen LogP contribution in [0.5, 0.6) is 0 Å². The molecule has 84 valence electrons. The molecule has 0 saturated heterocycles. The summed E-state index contributed by atoms with van der Waals surface area (Å²) in [6.45, 7) is 0. The van der Waals surface area contributed by atoms with Crippen LogP contribution >= 0.6 is 11.6 Å². The Kier molecular flexibility index (Phi) is 2.30. The summed E-state index contributed by atoms with van der Waals surface area (Å²) in [6, 6.07) is 6.46. The van der Waals surface area contributed by atoms with Gasteiger partial charge in [-0.2, -0.15) is 0 Å². The van der Waals surface area contributed by atoms with Crippen molar-refractivity contribution in [2.75, 3.05) is 0 Å². The van der Waals surface area contributed by atoms with Crippen molar-refractivity contribution in [1.29, 1.82) is 0 Å². The minimum Gasteiger partial charge on any atom is -0.353 e. The number of H-pyrrole nitrogens is 1. The Morgan fingerprint density at radius 1 is 1.18 bits per heavy atom. The highest BCUT2D eigenvalue weighted by molar-refractivity contribution is 6.29. The molecule has 0 radical (unpaired) electrons. The number of aromatic amines is 1. The van der Waals surface area contributed by atoms with Gasteiger partial charge in [0.25, 0.3) is 0 Å². The van der Waals surface area contributed by atoms with Crippen LogP contribution in [0.2, 0.25) is 5.15 Å². The van der Waals surface area contributed by atoms with E-state index in [0.717, 1.165) is 16.6 Å². The molecule has 0 saturated carbocycles. The van der Waals surface area contributed by atoms with Gasteiger partial charge in [0.1, 0.15) is 16.7 Å². The molecule has 17 heavy (non-hydrogen) atoms. The number of nitrogens with one attached hydrogen (secondary N) is 1. The van der Waals surface area contributed by atoms with Crippen molar-refractivity contribution >= 4 is 22.5 Å². The van der Waals surface area contributed by atoms with E-state index in [-0.39, 0.29) is 5.82 Å². The van der Waals surface area contributed by atoms with Crippen molar-refractivity contribution in [3.63, 3.8) is 0 Å². The topological polar surface area (TPSA) is 41.6 Å². The first-order valence-electron chi connectivity index (χ1n) is 4.98. The minimum atomic E-state index is -0.275. The number of fused-ring (bicyclic) bond motifs is 1. The third-order valence-electron chi connectivity index (χ3n) is 2.47. The average molecular weight is 248 g/mol. The van der Waals surface area contributed by atoms with Crippen molar-refractivity contribution in [1.82, 2.24) is 15.0 Å². The van der Waals surface area contributed by atoms with Gasteiger partial charge in [-0.05, 0) is 24.3 Å². The van der Waals surface area contributed by atoms with Crippen LogP contribution < -0.4 is 0 Å². The fourth-order valence-electron chi connectivity index (χ4n) is 1.71. The van der Waals surface area contributed by atoms with Gasteiger partial charge in [-0.1, -0.05) is 11.6 Å². The average Bonchev–Trinajstić information content (AvgIpc) is 2.72. The van der Waals surface area contributed by atoms with Gasteiger partial charge in [-0.3, -0.25) is 4.98 Å². The van der Waals surface area contributed by atoms with Crippen molar-refractivity contribution < 1.29 is 4.39 Å². The van der Waals surface area contributed by atoms with Crippen LogP contribution in [0.3, 0.4) is 0 Å². The smallest absolute Gasteiger partial charge is 0.148 e. The first kappa shape index (κ1) is 10.2. The van der Waals surface area contributed by atoms with Crippen LogP contribution in [-0.4, -0.2) is 15.0 Å². The lowest BCUT2D eigenvalue weighted by molar-refractivity contribution is 0.629. The van der Waals surface area contributed by atoms with Crippen molar-refractivity contribution in [3.05, 3.63) is 47.6 Å². The molecule has 1 aromatic carbocycles. The molecule has 0 aliphatic heterocycles. The van der Waals surface area contributed by atoms with Gasteiger partial charge in [0.2, 0.25) is 0 Å². The monoisotopic (exact) mass is 247 g/mol. The quantitative estimate of drug-likeness (QED) is 0.716. The second-order valence-corrected chi connectivity index (χ2v) is 4.03. The second kappa shape index (κ2) is 3.82. The van der Waals surface area contributed by atoms with E-state index in [9.17, 15) is 4.39 Å². The zero-order valence-corrected chi connectivity index (χ0v) is 9.37. The van der Waals surface area contributed by atoms with Crippen LogP contribution in [0.4, 0.5) is 4.39 Å². The van der Waals surface area contributed by atoms with Crippen molar-refractivity contribution in [3.8, 4) is 11.4 Å². The fourth-order valence-corrected chi connectivity index (χ4v) is 1.86. The zero-order valence-electron chi connectivity index (χ0n) is 8.61. The first-order valence-corrected chi connectivity index (χ1v) is 5.36. The third kappa shape index (κ3) is 1.87. The van der Waals surface area contributed by atoms with Crippen LogP contribution in [0, 0.1) is 5.82 Å². The molecule has 5 heteroatoms. The fraction of sp³-hybridized carbons (Fsp3) is 0. The molecule has 3 rings (SSSR count). The number of hydrogen-bond acceptors (Lipinski definition) is 2. The summed E-state index contributed by atoms with van der Waals surface area (Å²) in [5.74, 6) is -0.275. The Labute approximate surface area is 101 Å². The normalized spacial score (nSPS) is 10.9. The predicted octanol–water partition coefficient (Wildman–Crippen LogP) is 3.42. The number of benzene rings is 1. The molecule has 3 aromatic rings. The van der Waals surface area contributed by atoms with E-state index in [2.05, 4.69) is 15.0 Å². The van der Waals surface area contributed by atoms with Gasteiger partial charge in [0.15, 0.2) is 0 Å². The molecule has 0 fully saturated rings. The molecule has 0 amide bonds. The zero-order chi connectivity index (χ0) is 11.8. The Hall–Kier alpha value is -1.94. The third-order valence-corrected chi connectivity index (χ3v) is 2.65.